The van der Waals surface area contributed by atoms with Crippen LogP contribution in [-0.4, -0.2) is 53.0 Å². The fraction of sp³-hybridized carbons (Fsp3) is 0.320. The van der Waals surface area contributed by atoms with Crippen LogP contribution in [0.3, 0.4) is 0 Å². The van der Waals surface area contributed by atoms with Crippen molar-refractivity contribution >= 4 is 42.6 Å². The van der Waals surface area contributed by atoms with Crippen LogP contribution in [0.1, 0.15) is 34.6 Å². The smallest absolute Gasteiger partial charge is 0.260 e. The van der Waals surface area contributed by atoms with Crippen molar-refractivity contribution in [2.24, 2.45) is 0 Å². The third kappa shape index (κ3) is 5.00. The fourth-order valence-electron chi connectivity index (χ4n) is 4.44. The highest BCUT2D eigenvalue weighted by atomic mass is 32.2. The van der Waals surface area contributed by atoms with Crippen LogP contribution in [0.5, 0.6) is 0 Å². The molecule has 0 atom stereocenters. The van der Waals surface area contributed by atoms with E-state index in [1.807, 2.05) is 19.9 Å². The van der Waals surface area contributed by atoms with Gasteiger partial charge in [-0.05, 0) is 63.1 Å². The van der Waals surface area contributed by atoms with Crippen molar-refractivity contribution in [2.75, 3.05) is 24.5 Å². The Morgan fingerprint density at radius 2 is 1.78 bits per heavy atom. The lowest BCUT2D eigenvalue weighted by atomic mass is 10.2. The standard InChI is InChI=1S/C25H25F2N5O3S2/c1-16-13-17(2)32(29-16)12-11-31(25-28-23-21(27)14-19(26)15-22(23)36-25)24(33)18-5-7-20(8-6-18)37(34,35)30-9-3-4-10-30/h5-8,13-15H,3-4,9-12H2,1-2H3. The van der Waals surface area contributed by atoms with Gasteiger partial charge >= 0.3 is 0 Å². The van der Waals surface area contributed by atoms with Crippen LogP contribution in [0, 0.1) is 25.5 Å². The van der Waals surface area contributed by atoms with Gasteiger partial charge < -0.3 is 0 Å². The monoisotopic (exact) mass is 545 g/mol. The summed E-state index contributed by atoms with van der Waals surface area (Å²) in [6.45, 7) is 5.25. The van der Waals surface area contributed by atoms with Gasteiger partial charge in [-0.1, -0.05) is 11.3 Å². The highest BCUT2D eigenvalue weighted by Crippen LogP contribution is 2.32. The molecule has 2 aromatic heterocycles. The largest absolute Gasteiger partial charge is 0.282 e. The van der Waals surface area contributed by atoms with E-state index in [0.717, 1.165) is 41.6 Å². The number of carbonyl (C=O) groups is 1. The highest BCUT2D eigenvalue weighted by Gasteiger charge is 2.28. The van der Waals surface area contributed by atoms with Gasteiger partial charge in [0.05, 0.1) is 21.8 Å². The molecule has 5 rings (SSSR count). The second-order valence-electron chi connectivity index (χ2n) is 8.97. The number of nitrogens with zero attached hydrogens (tertiary/aromatic N) is 5. The maximum atomic E-state index is 14.4. The summed E-state index contributed by atoms with van der Waals surface area (Å²) >= 11 is 1.01. The maximum Gasteiger partial charge on any atom is 0.260 e. The number of carbonyl (C=O) groups excluding carboxylic acids is 1. The Bertz CT molecular complexity index is 1580. The SMILES string of the molecule is Cc1cc(C)n(CCN(C(=O)c2ccc(S(=O)(=O)N3CCCC3)cc2)c2nc3c(F)cc(F)cc3s2)n1. The van der Waals surface area contributed by atoms with E-state index in [1.54, 1.807) is 4.68 Å². The Balaban J connectivity index is 1.47. The summed E-state index contributed by atoms with van der Waals surface area (Å²) in [7, 11) is -3.62. The predicted molar refractivity (Wildman–Crippen MR) is 137 cm³/mol. The van der Waals surface area contributed by atoms with E-state index in [2.05, 4.69) is 10.1 Å². The Morgan fingerprint density at radius 3 is 2.43 bits per heavy atom. The zero-order valence-corrected chi connectivity index (χ0v) is 22.0. The van der Waals surface area contributed by atoms with Crippen molar-refractivity contribution in [2.45, 2.75) is 38.1 Å². The molecule has 8 nitrogen and oxygen atoms in total. The predicted octanol–water partition coefficient (Wildman–Crippen LogP) is 4.52. The molecule has 0 spiro atoms. The first-order valence-electron chi connectivity index (χ1n) is 11.8. The molecule has 1 aliphatic rings. The molecule has 0 radical (unpaired) electrons. The van der Waals surface area contributed by atoms with Gasteiger partial charge in [0, 0.05) is 37.0 Å². The second-order valence-corrected chi connectivity index (χ2v) is 11.9. The molecular formula is C25H25F2N5O3S2. The van der Waals surface area contributed by atoms with E-state index in [0.29, 0.717) is 19.6 Å². The first-order chi connectivity index (χ1) is 17.6. The van der Waals surface area contributed by atoms with E-state index < -0.39 is 27.6 Å². The van der Waals surface area contributed by atoms with Crippen LogP contribution in [0.4, 0.5) is 13.9 Å². The first kappa shape index (κ1) is 25.4. The average molecular weight is 546 g/mol. The van der Waals surface area contributed by atoms with Crippen LogP contribution in [0.15, 0.2) is 47.4 Å². The number of hydrogen-bond donors (Lipinski definition) is 0. The van der Waals surface area contributed by atoms with Crippen molar-refractivity contribution in [3.05, 3.63) is 71.1 Å². The molecule has 0 saturated carbocycles. The van der Waals surface area contributed by atoms with Gasteiger partial charge in [0.25, 0.3) is 5.91 Å². The molecule has 0 unspecified atom stereocenters. The molecule has 1 aliphatic heterocycles. The van der Waals surface area contributed by atoms with Crippen molar-refractivity contribution in [1.29, 1.82) is 0 Å². The minimum atomic E-state index is -3.62. The minimum absolute atomic E-state index is 0.0163. The molecule has 3 heterocycles. The van der Waals surface area contributed by atoms with Crippen molar-refractivity contribution in [1.82, 2.24) is 19.1 Å². The van der Waals surface area contributed by atoms with E-state index in [1.165, 1.54) is 39.5 Å². The number of amides is 1. The summed E-state index contributed by atoms with van der Waals surface area (Å²) in [4.78, 5) is 19.5. The molecule has 0 bridgehead atoms. The number of thiazole rings is 1. The van der Waals surface area contributed by atoms with E-state index in [-0.39, 0.29) is 32.4 Å². The summed E-state index contributed by atoms with van der Waals surface area (Å²) in [5.41, 5.74) is 1.98. The van der Waals surface area contributed by atoms with Gasteiger partial charge in [-0.3, -0.25) is 14.4 Å². The number of benzene rings is 2. The summed E-state index contributed by atoms with van der Waals surface area (Å²) < 4.78 is 57.4. The highest BCUT2D eigenvalue weighted by molar-refractivity contribution is 7.89. The quantitative estimate of drug-likeness (QED) is 0.341. The molecule has 0 N–H and O–H groups in total. The molecule has 2 aromatic carbocycles. The molecule has 1 fully saturated rings. The number of rotatable bonds is 7. The number of halogens is 2. The van der Waals surface area contributed by atoms with Gasteiger partial charge in [-0.2, -0.15) is 9.40 Å². The third-order valence-corrected chi connectivity index (χ3v) is 9.26. The fourth-order valence-corrected chi connectivity index (χ4v) is 6.99. The molecule has 1 saturated heterocycles. The Kier molecular flexibility index (Phi) is 6.82. The zero-order chi connectivity index (χ0) is 26.3. The summed E-state index contributed by atoms with van der Waals surface area (Å²) in [6, 6.07) is 9.64. The van der Waals surface area contributed by atoms with Gasteiger partial charge in [0.2, 0.25) is 10.0 Å². The van der Waals surface area contributed by atoms with E-state index in [9.17, 15) is 22.0 Å². The normalized spacial score (nSPS) is 14.5. The van der Waals surface area contributed by atoms with Crippen LogP contribution in [0.2, 0.25) is 0 Å². The number of aromatic nitrogens is 3. The summed E-state index contributed by atoms with van der Waals surface area (Å²) in [6.07, 6.45) is 1.65. The van der Waals surface area contributed by atoms with E-state index in [4.69, 9.17) is 0 Å². The lowest BCUT2D eigenvalue weighted by molar-refractivity contribution is 0.0985. The van der Waals surface area contributed by atoms with Gasteiger partial charge in [-0.25, -0.2) is 22.2 Å². The van der Waals surface area contributed by atoms with Gasteiger partial charge in [-0.15, -0.1) is 0 Å². The van der Waals surface area contributed by atoms with E-state index >= 15 is 0 Å². The molecule has 37 heavy (non-hydrogen) atoms. The molecular weight excluding hydrogens is 520 g/mol. The average Bonchev–Trinajstić information content (AvgIpc) is 3.60. The van der Waals surface area contributed by atoms with Crippen molar-refractivity contribution in [3.63, 3.8) is 0 Å². The molecule has 0 aliphatic carbocycles. The van der Waals surface area contributed by atoms with Crippen LogP contribution in [0.25, 0.3) is 10.2 Å². The zero-order valence-electron chi connectivity index (χ0n) is 20.3. The minimum Gasteiger partial charge on any atom is -0.282 e. The van der Waals surface area contributed by atoms with Gasteiger partial charge in [0.15, 0.2) is 10.9 Å². The number of aryl methyl sites for hydroxylation is 2. The molecule has 4 aromatic rings. The second kappa shape index (κ2) is 9.92. The lowest BCUT2D eigenvalue weighted by Gasteiger charge is -2.21. The van der Waals surface area contributed by atoms with Crippen molar-refractivity contribution < 1.29 is 22.0 Å². The molecule has 1 amide bonds. The maximum absolute atomic E-state index is 14.4. The lowest BCUT2D eigenvalue weighted by Crippen LogP contribution is -2.34. The number of hydrogen-bond acceptors (Lipinski definition) is 6. The Labute approximate surface area is 217 Å². The number of anilines is 1. The van der Waals surface area contributed by atoms with Crippen LogP contribution < -0.4 is 4.90 Å². The van der Waals surface area contributed by atoms with Crippen molar-refractivity contribution in [3.8, 4) is 0 Å². The number of fused-ring (bicyclic) bond motifs is 1. The topological polar surface area (TPSA) is 88.4 Å². The van der Waals surface area contributed by atoms with Crippen LogP contribution >= 0.6 is 11.3 Å². The Hall–Kier alpha value is -3.22. The number of sulfonamides is 1. The van der Waals surface area contributed by atoms with Gasteiger partial charge in [0.1, 0.15) is 11.3 Å². The van der Waals surface area contributed by atoms with Crippen LogP contribution in [-0.2, 0) is 16.6 Å². The summed E-state index contributed by atoms with van der Waals surface area (Å²) in [5.74, 6) is -1.97. The molecule has 194 valence electrons. The third-order valence-electron chi connectivity index (χ3n) is 6.32. The summed E-state index contributed by atoms with van der Waals surface area (Å²) in [5, 5.41) is 4.64. The molecule has 12 heteroatoms. The first-order valence-corrected chi connectivity index (χ1v) is 14.1. The Morgan fingerprint density at radius 1 is 1.08 bits per heavy atom.